The zero-order chi connectivity index (χ0) is 17.6. The van der Waals surface area contributed by atoms with Crippen LogP contribution in [0.4, 0.5) is 4.39 Å². The first-order valence-corrected chi connectivity index (χ1v) is 9.23. The number of hydrogen-bond donors (Lipinski definition) is 1. The molecule has 0 saturated carbocycles. The number of imidazole rings is 1. The van der Waals surface area contributed by atoms with Crippen LogP contribution in [-0.4, -0.2) is 33.3 Å². The third-order valence-corrected chi connectivity index (χ3v) is 4.15. The van der Waals surface area contributed by atoms with Gasteiger partial charge in [0.15, 0.2) is 0 Å². The van der Waals surface area contributed by atoms with Crippen LogP contribution >= 0.6 is 0 Å². The first-order valence-electron chi connectivity index (χ1n) is 7.38. The lowest BCUT2D eigenvalue weighted by molar-refractivity contribution is 0.490. The molecule has 2 aromatic heterocycles. The number of benzene rings is 1. The maximum atomic E-state index is 13.5. The minimum Gasteiger partial charge on any atom is -0.342 e. The van der Waals surface area contributed by atoms with Gasteiger partial charge < -0.3 is 9.13 Å². The van der Waals surface area contributed by atoms with Crippen LogP contribution in [0.5, 0.6) is 0 Å². The molecule has 0 aliphatic carbocycles. The lowest BCUT2D eigenvalue weighted by atomic mass is 10.0. The van der Waals surface area contributed by atoms with Gasteiger partial charge in [0.05, 0.1) is 23.8 Å². The highest BCUT2D eigenvalue weighted by Crippen LogP contribution is 2.37. The SMILES string of the molecule is CS(=O)(=O)O.Cc1ncc2n1CCc1c-2n(C)c2ccc(F)cc12. The average Bonchev–Trinajstić information content (AvgIpc) is 2.97. The quantitative estimate of drug-likeness (QED) is 0.632. The molecule has 3 heterocycles. The Morgan fingerprint density at radius 1 is 1.33 bits per heavy atom. The topological polar surface area (TPSA) is 77.1 Å². The summed E-state index contributed by atoms with van der Waals surface area (Å²) < 4.78 is 43.7. The monoisotopic (exact) mass is 351 g/mol. The first-order chi connectivity index (χ1) is 11.2. The van der Waals surface area contributed by atoms with Crippen LogP contribution < -0.4 is 0 Å². The summed E-state index contributed by atoms with van der Waals surface area (Å²) in [5, 5.41) is 1.03. The van der Waals surface area contributed by atoms with Crippen LogP contribution in [0.3, 0.4) is 0 Å². The lowest BCUT2D eigenvalue weighted by Gasteiger charge is -2.18. The van der Waals surface area contributed by atoms with E-state index >= 15 is 0 Å². The van der Waals surface area contributed by atoms with Crippen molar-refractivity contribution in [1.29, 1.82) is 0 Å². The molecular formula is C16H18FN3O3S. The third kappa shape index (κ3) is 2.94. The highest BCUT2D eigenvalue weighted by molar-refractivity contribution is 7.85. The molecule has 8 heteroatoms. The van der Waals surface area contributed by atoms with E-state index in [0.29, 0.717) is 6.26 Å². The number of aryl methyl sites for hydroxylation is 3. The van der Waals surface area contributed by atoms with Gasteiger partial charge in [-0.2, -0.15) is 8.42 Å². The molecule has 0 amide bonds. The van der Waals surface area contributed by atoms with Gasteiger partial charge >= 0.3 is 0 Å². The molecule has 6 nitrogen and oxygen atoms in total. The molecular weight excluding hydrogens is 333 g/mol. The Bertz CT molecular complexity index is 1030. The predicted molar refractivity (Wildman–Crippen MR) is 90.0 cm³/mol. The summed E-state index contributed by atoms with van der Waals surface area (Å²) >= 11 is 0. The molecule has 0 atom stereocenters. The minimum absolute atomic E-state index is 0.170. The second-order valence-electron chi connectivity index (χ2n) is 5.87. The second-order valence-corrected chi connectivity index (χ2v) is 7.34. The van der Waals surface area contributed by atoms with Gasteiger partial charge in [-0.15, -0.1) is 0 Å². The van der Waals surface area contributed by atoms with Crippen LogP contribution in [0, 0.1) is 12.7 Å². The molecule has 1 aliphatic heterocycles. The number of fused-ring (bicyclic) bond motifs is 5. The zero-order valence-electron chi connectivity index (χ0n) is 13.6. The average molecular weight is 351 g/mol. The van der Waals surface area contributed by atoms with E-state index in [1.54, 1.807) is 6.07 Å². The van der Waals surface area contributed by atoms with Crippen LogP contribution in [0.1, 0.15) is 11.4 Å². The summed E-state index contributed by atoms with van der Waals surface area (Å²) in [5.41, 5.74) is 4.63. The molecule has 4 rings (SSSR count). The Hall–Kier alpha value is -2.19. The first kappa shape index (κ1) is 16.7. The van der Waals surface area contributed by atoms with Gasteiger partial charge in [-0.25, -0.2) is 9.37 Å². The third-order valence-electron chi connectivity index (χ3n) is 4.15. The molecule has 3 aromatic rings. The normalized spacial score (nSPS) is 13.2. The highest BCUT2D eigenvalue weighted by atomic mass is 32.2. The number of halogens is 1. The van der Waals surface area contributed by atoms with Crippen molar-refractivity contribution in [1.82, 2.24) is 14.1 Å². The summed E-state index contributed by atoms with van der Waals surface area (Å²) in [6, 6.07) is 5.03. The number of aromatic nitrogens is 3. The van der Waals surface area contributed by atoms with Gasteiger partial charge in [0, 0.05) is 24.5 Å². The lowest BCUT2D eigenvalue weighted by Crippen LogP contribution is -2.12. The molecule has 24 heavy (non-hydrogen) atoms. The Balaban J connectivity index is 0.000000300. The van der Waals surface area contributed by atoms with E-state index in [4.69, 9.17) is 4.55 Å². The van der Waals surface area contributed by atoms with E-state index in [1.807, 2.05) is 26.2 Å². The van der Waals surface area contributed by atoms with E-state index in [0.717, 1.165) is 35.4 Å². The zero-order valence-corrected chi connectivity index (χ0v) is 14.4. The second kappa shape index (κ2) is 5.71. The fourth-order valence-electron chi connectivity index (χ4n) is 3.24. The predicted octanol–water partition coefficient (Wildman–Crippen LogP) is 2.55. The highest BCUT2D eigenvalue weighted by Gasteiger charge is 2.24. The van der Waals surface area contributed by atoms with Gasteiger partial charge in [-0.3, -0.25) is 4.55 Å². The number of hydrogen-bond acceptors (Lipinski definition) is 3. The van der Waals surface area contributed by atoms with Crippen molar-refractivity contribution < 1.29 is 17.4 Å². The molecule has 0 bridgehead atoms. The molecule has 0 spiro atoms. The Morgan fingerprint density at radius 2 is 2.00 bits per heavy atom. The van der Waals surface area contributed by atoms with Crippen molar-refractivity contribution in [3.05, 3.63) is 41.6 Å². The fourth-order valence-corrected chi connectivity index (χ4v) is 3.24. The summed E-state index contributed by atoms with van der Waals surface area (Å²) in [7, 11) is -1.63. The van der Waals surface area contributed by atoms with Crippen LogP contribution in [0.25, 0.3) is 22.3 Å². The number of nitrogens with zero attached hydrogens (tertiary/aromatic N) is 3. The maximum Gasteiger partial charge on any atom is 0.261 e. The molecule has 1 N–H and O–H groups in total. The van der Waals surface area contributed by atoms with Gasteiger partial charge in [-0.05, 0) is 37.1 Å². The molecule has 0 unspecified atom stereocenters. The van der Waals surface area contributed by atoms with Gasteiger partial charge in [0.25, 0.3) is 10.1 Å². The Kier molecular flexibility index (Phi) is 3.97. The summed E-state index contributed by atoms with van der Waals surface area (Å²) in [6.45, 7) is 2.95. The fraction of sp³-hybridized carbons (Fsp3) is 0.312. The van der Waals surface area contributed by atoms with Crippen molar-refractivity contribution in [3.63, 3.8) is 0 Å². The van der Waals surface area contributed by atoms with Crippen LogP contribution in [0.15, 0.2) is 24.4 Å². The van der Waals surface area contributed by atoms with Crippen molar-refractivity contribution in [2.24, 2.45) is 7.05 Å². The standard InChI is InChI=1S/C15H14FN3.CH4O3S/c1-9-17-8-14-15-11(5-6-19(9)14)12-7-10(16)3-4-13(12)18(15)2;1-5(2,3)4/h3-4,7-8H,5-6H2,1-2H3;1H3,(H,2,3,4). The van der Waals surface area contributed by atoms with Gasteiger partial charge in [-0.1, -0.05) is 0 Å². The summed E-state index contributed by atoms with van der Waals surface area (Å²) in [6.07, 6.45) is 3.57. The van der Waals surface area contributed by atoms with Crippen molar-refractivity contribution in [3.8, 4) is 11.4 Å². The van der Waals surface area contributed by atoms with E-state index in [1.165, 1.54) is 17.3 Å². The number of rotatable bonds is 0. The smallest absolute Gasteiger partial charge is 0.261 e. The largest absolute Gasteiger partial charge is 0.342 e. The van der Waals surface area contributed by atoms with Gasteiger partial charge in [0.2, 0.25) is 0 Å². The molecule has 128 valence electrons. The molecule has 0 saturated heterocycles. The van der Waals surface area contributed by atoms with E-state index in [9.17, 15) is 12.8 Å². The summed E-state index contributed by atoms with van der Waals surface area (Å²) in [4.78, 5) is 4.40. The van der Waals surface area contributed by atoms with E-state index < -0.39 is 10.1 Å². The van der Waals surface area contributed by atoms with Crippen molar-refractivity contribution in [2.45, 2.75) is 19.9 Å². The van der Waals surface area contributed by atoms with E-state index in [-0.39, 0.29) is 5.82 Å². The Labute approximate surface area is 139 Å². The van der Waals surface area contributed by atoms with Crippen molar-refractivity contribution >= 4 is 21.0 Å². The molecule has 1 aromatic carbocycles. The van der Waals surface area contributed by atoms with E-state index in [2.05, 4.69) is 14.1 Å². The van der Waals surface area contributed by atoms with Crippen LogP contribution in [-0.2, 0) is 30.1 Å². The molecule has 0 fully saturated rings. The Morgan fingerprint density at radius 3 is 2.67 bits per heavy atom. The van der Waals surface area contributed by atoms with Gasteiger partial charge in [0.1, 0.15) is 11.6 Å². The minimum atomic E-state index is -3.67. The summed E-state index contributed by atoms with van der Waals surface area (Å²) in [5.74, 6) is 0.869. The maximum absolute atomic E-state index is 13.5. The van der Waals surface area contributed by atoms with Crippen molar-refractivity contribution in [2.75, 3.05) is 6.26 Å². The van der Waals surface area contributed by atoms with Crippen LogP contribution in [0.2, 0.25) is 0 Å². The molecule has 1 aliphatic rings. The molecule has 0 radical (unpaired) electrons.